The van der Waals surface area contributed by atoms with Crippen LogP contribution in [0.3, 0.4) is 0 Å². The summed E-state index contributed by atoms with van der Waals surface area (Å²) >= 11 is 0. The van der Waals surface area contributed by atoms with Crippen molar-refractivity contribution in [3.63, 3.8) is 0 Å². The molecule has 2 N–H and O–H groups in total. The summed E-state index contributed by atoms with van der Waals surface area (Å²) in [5.41, 5.74) is 5.11. The van der Waals surface area contributed by atoms with Gasteiger partial charge in [-0.1, -0.05) is 17.3 Å². The zero-order chi connectivity index (χ0) is 26.5. The molecule has 2 aromatic heterocycles. The van der Waals surface area contributed by atoms with Gasteiger partial charge in [0.25, 0.3) is 0 Å². The molecule has 4 rings (SSSR count). The van der Waals surface area contributed by atoms with Crippen LogP contribution in [-0.4, -0.2) is 77.2 Å². The third-order valence-electron chi connectivity index (χ3n) is 6.46. The molecular weight excluding hydrogens is 474 g/mol. The first-order chi connectivity index (χ1) is 17.8. The molecule has 3 heterocycles. The highest BCUT2D eigenvalue weighted by atomic mass is 16.6. The number of hydrogen-bond acceptors (Lipinski definition) is 9. The number of aromatic nitrogens is 3. The summed E-state index contributed by atoms with van der Waals surface area (Å²) < 4.78 is 16.4. The number of aliphatic hydroxyl groups is 1. The SMILES string of the molecule is CCOC(=O)N1CC(Cc2nc(-c3cccc(OCC(O)CNC)c3)nc(-c3c(C)noc3C)c2C)C1. The van der Waals surface area contributed by atoms with Crippen molar-refractivity contribution in [2.45, 2.75) is 40.2 Å². The Balaban J connectivity index is 1.64. The second-order valence-corrected chi connectivity index (χ2v) is 9.39. The molecule has 0 radical (unpaired) electrons. The van der Waals surface area contributed by atoms with Crippen molar-refractivity contribution in [1.82, 2.24) is 25.3 Å². The van der Waals surface area contributed by atoms with Crippen molar-refractivity contribution in [1.29, 1.82) is 0 Å². The highest BCUT2D eigenvalue weighted by Gasteiger charge is 2.33. The molecule has 1 aliphatic heterocycles. The van der Waals surface area contributed by atoms with E-state index in [9.17, 15) is 9.90 Å². The summed E-state index contributed by atoms with van der Waals surface area (Å²) in [6.07, 6.45) is -0.175. The molecule has 37 heavy (non-hydrogen) atoms. The van der Waals surface area contributed by atoms with Crippen LogP contribution in [0.2, 0.25) is 0 Å². The van der Waals surface area contributed by atoms with Crippen molar-refractivity contribution in [3.05, 3.63) is 47.0 Å². The van der Waals surface area contributed by atoms with Crippen LogP contribution in [0.5, 0.6) is 5.75 Å². The fourth-order valence-corrected chi connectivity index (χ4v) is 4.50. The molecular formula is C27H35N5O5. The van der Waals surface area contributed by atoms with E-state index >= 15 is 0 Å². The Bertz CT molecular complexity index is 1220. The zero-order valence-corrected chi connectivity index (χ0v) is 22.1. The van der Waals surface area contributed by atoms with Crippen LogP contribution in [0.25, 0.3) is 22.6 Å². The molecule has 0 spiro atoms. The van der Waals surface area contributed by atoms with Gasteiger partial charge >= 0.3 is 6.09 Å². The molecule has 198 valence electrons. The monoisotopic (exact) mass is 509 g/mol. The van der Waals surface area contributed by atoms with Gasteiger partial charge in [-0.3, -0.25) is 0 Å². The van der Waals surface area contributed by atoms with Gasteiger partial charge < -0.3 is 29.3 Å². The van der Waals surface area contributed by atoms with Crippen LogP contribution in [0.4, 0.5) is 4.79 Å². The number of benzene rings is 1. The number of likely N-dealkylation sites (tertiary alicyclic amines) is 1. The molecule has 10 nitrogen and oxygen atoms in total. The highest BCUT2D eigenvalue weighted by Crippen LogP contribution is 2.33. The second-order valence-electron chi connectivity index (χ2n) is 9.39. The number of carbonyl (C=O) groups excluding carboxylic acids is 1. The fourth-order valence-electron chi connectivity index (χ4n) is 4.50. The van der Waals surface area contributed by atoms with Crippen LogP contribution in [-0.2, 0) is 11.2 Å². The van der Waals surface area contributed by atoms with Gasteiger partial charge in [-0.2, -0.15) is 0 Å². The van der Waals surface area contributed by atoms with Crippen LogP contribution in [0.1, 0.15) is 29.6 Å². The van der Waals surface area contributed by atoms with Crippen molar-refractivity contribution in [3.8, 4) is 28.4 Å². The molecule has 0 saturated carbocycles. The lowest BCUT2D eigenvalue weighted by atomic mass is 9.92. The van der Waals surface area contributed by atoms with Crippen LogP contribution >= 0.6 is 0 Å². The van der Waals surface area contributed by atoms with Gasteiger partial charge in [0.05, 0.1) is 23.6 Å². The minimum Gasteiger partial charge on any atom is -0.491 e. The lowest BCUT2D eigenvalue weighted by Crippen LogP contribution is -2.51. The summed E-state index contributed by atoms with van der Waals surface area (Å²) in [6, 6.07) is 7.55. The summed E-state index contributed by atoms with van der Waals surface area (Å²) in [6.45, 7) is 9.87. The standard InChI is InChI=1S/C27H35N5O5/c1-6-35-27(34)32-13-19(14-32)10-23-16(2)25(24-17(3)31-37-18(24)4)30-26(29-23)20-8-7-9-22(11-20)36-15-21(33)12-28-5/h7-9,11,19,21,28,33H,6,10,12-15H2,1-5H3. The summed E-state index contributed by atoms with van der Waals surface area (Å²) in [5, 5.41) is 17.1. The normalized spacial score (nSPS) is 14.4. The first-order valence-corrected chi connectivity index (χ1v) is 12.6. The van der Waals surface area contributed by atoms with Crippen molar-refractivity contribution >= 4 is 6.09 Å². The maximum absolute atomic E-state index is 12.0. The van der Waals surface area contributed by atoms with Gasteiger partial charge in [-0.15, -0.1) is 0 Å². The van der Waals surface area contributed by atoms with Crippen LogP contribution in [0.15, 0.2) is 28.8 Å². The third kappa shape index (κ3) is 6.08. The van der Waals surface area contributed by atoms with Gasteiger partial charge in [0.15, 0.2) is 5.82 Å². The highest BCUT2D eigenvalue weighted by molar-refractivity contribution is 5.71. The van der Waals surface area contributed by atoms with E-state index in [1.807, 2.05) is 52.0 Å². The van der Waals surface area contributed by atoms with Crippen LogP contribution < -0.4 is 10.1 Å². The molecule has 0 bridgehead atoms. The molecule has 1 amide bonds. The average Bonchev–Trinajstić information content (AvgIpc) is 3.18. The Hall–Kier alpha value is -3.50. The fraction of sp³-hybridized carbons (Fsp3) is 0.481. The molecule has 10 heteroatoms. The number of likely N-dealkylation sites (N-methyl/N-ethyl adjacent to an activating group) is 1. The number of nitrogens with one attached hydrogen (secondary N) is 1. The van der Waals surface area contributed by atoms with Gasteiger partial charge in [0, 0.05) is 30.9 Å². The van der Waals surface area contributed by atoms with Gasteiger partial charge in [-0.25, -0.2) is 14.8 Å². The molecule has 3 aromatic rings. The molecule has 1 saturated heterocycles. The number of rotatable bonds is 10. The predicted octanol–water partition coefficient (Wildman–Crippen LogP) is 3.31. The summed E-state index contributed by atoms with van der Waals surface area (Å²) in [5.74, 6) is 2.18. The minimum atomic E-state index is -0.612. The molecule has 1 aromatic carbocycles. The number of aryl methyl sites for hydroxylation is 2. The van der Waals surface area contributed by atoms with E-state index in [1.54, 1.807) is 11.9 Å². The van der Waals surface area contributed by atoms with Gasteiger partial charge in [-0.05, 0) is 64.8 Å². The predicted molar refractivity (Wildman–Crippen MR) is 138 cm³/mol. The van der Waals surface area contributed by atoms with Gasteiger partial charge in [0.1, 0.15) is 24.2 Å². The lowest BCUT2D eigenvalue weighted by Gasteiger charge is -2.38. The number of nitrogens with zero attached hydrogens (tertiary/aromatic N) is 4. The maximum atomic E-state index is 12.0. The molecule has 1 aliphatic rings. The van der Waals surface area contributed by atoms with E-state index in [1.165, 1.54) is 0 Å². The summed E-state index contributed by atoms with van der Waals surface area (Å²) in [7, 11) is 1.78. The molecule has 1 unspecified atom stereocenters. The van der Waals surface area contributed by atoms with E-state index in [2.05, 4.69) is 10.5 Å². The topological polar surface area (TPSA) is 123 Å². The molecule has 0 aliphatic carbocycles. The number of hydrogen-bond donors (Lipinski definition) is 2. The van der Waals surface area contributed by atoms with E-state index in [0.29, 0.717) is 50.0 Å². The maximum Gasteiger partial charge on any atom is 0.409 e. The zero-order valence-electron chi connectivity index (χ0n) is 22.1. The van der Waals surface area contributed by atoms with E-state index < -0.39 is 6.10 Å². The largest absolute Gasteiger partial charge is 0.491 e. The van der Waals surface area contributed by atoms with Crippen molar-refractivity contribution in [2.24, 2.45) is 5.92 Å². The number of amides is 1. The molecule has 1 fully saturated rings. The number of ether oxygens (including phenoxy) is 2. The second kappa shape index (κ2) is 11.7. The van der Waals surface area contributed by atoms with E-state index in [4.69, 9.17) is 24.0 Å². The minimum absolute atomic E-state index is 0.174. The quantitative estimate of drug-likeness (QED) is 0.424. The Morgan fingerprint density at radius 1 is 1.27 bits per heavy atom. The Labute approximate surface area is 217 Å². The Morgan fingerprint density at radius 2 is 2.05 bits per heavy atom. The van der Waals surface area contributed by atoms with Gasteiger partial charge in [0.2, 0.25) is 0 Å². The smallest absolute Gasteiger partial charge is 0.409 e. The van der Waals surface area contributed by atoms with Crippen LogP contribution in [0, 0.1) is 26.7 Å². The lowest BCUT2D eigenvalue weighted by molar-refractivity contribution is 0.0567. The van der Waals surface area contributed by atoms with E-state index in [-0.39, 0.29) is 18.6 Å². The van der Waals surface area contributed by atoms with E-state index in [0.717, 1.165) is 33.8 Å². The molecule has 1 atom stereocenters. The average molecular weight is 510 g/mol. The first kappa shape index (κ1) is 26.6. The Morgan fingerprint density at radius 3 is 2.73 bits per heavy atom. The number of carbonyl (C=O) groups is 1. The summed E-state index contributed by atoms with van der Waals surface area (Å²) in [4.78, 5) is 23.6. The third-order valence-corrected chi connectivity index (χ3v) is 6.46. The Kier molecular flexibility index (Phi) is 8.40. The van der Waals surface area contributed by atoms with Crippen molar-refractivity contribution < 1.29 is 23.9 Å². The number of aliphatic hydroxyl groups excluding tert-OH is 1. The van der Waals surface area contributed by atoms with Crippen molar-refractivity contribution in [2.75, 3.05) is 39.9 Å². The first-order valence-electron chi connectivity index (χ1n) is 12.6.